The maximum Gasteiger partial charge on any atom is 0.139 e. The summed E-state index contributed by atoms with van der Waals surface area (Å²) in [5, 5.41) is 7.33. The lowest BCUT2D eigenvalue weighted by Gasteiger charge is -1.98. The van der Waals surface area contributed by atoms with Gasteiger partial charge in [-0.1, -0.05) is 32.3 Å². The summed E-state index contributed by atoms with van der Waals surface area (Å²) in [6, 6.07) is 2.03. The van der Waals surface area contributed by atoms with Gasteiger partial charge in [0.15, 0.2) is 0 Å². The molecule has 0 aliphatic rings. The summed E-state index contributed by atoms with van der Waals surface area (Å²) < 4.78 is 5.19. The molecule has 14 heavy (non-hydrogen) atoms. The van der Waals surface area contributed by atoms with E-state index in [9.17, 15) is 0 Å². The second-order valence-corrected chi connectivity index (χ2v) is 3.91. The molecule has 0 fully saturated rings. The third-order valence-electron chi connectivity index (χ3n) is 2.16. The number of hydrogen-bond donors (Lipinski definition) is 1. The van der Waals surface area contributed by atoms with Gasteiger partial charge in [-0.15, -0.1) is 0 Å². The number of rotatable bonds is 6. The van der Waals surface area contributed by atoms with Crippen molar-refractivity contribution in [2.45, 2.75) is 46.1 Å². The molecule has 0 unspecified atom stereocenters. The Morgan fingerprint density at radius 3 is 2.86 bits per heavy atom. The van der Waals surface area contributed by atoms with Gasteiger partial charge in [-0.2, -0.15) is 0 Å². The molecule has 1 aromatic heterocycles. The molecule has 0 radical (unpaired) electrons. The van der Waals surface area contributed by atoms with Crippen LogP contribution < -0.4 is 5.32 Å². The number of nitrogens with one attached hydrogen (secondary N) is 1. The molecule has 80 valence electrons. The van der Waals surface area contributed by atoms with Crippen molar-refractivity contribution in [3.05, 3.63) is 17.5 Å². The third-order valence-corrected chi connectivity index (χ3v) is 2.16. The Balaban J connectivity index is 2.29. The van der Waals surface area contributed by atoms with Crippen molar-refractivity contribution >= 4 is 0 Å². The lowest BCUT2D eigenvalue weighted by molar-refractivity contribution is 0.364. The number of hydrogen-bond acceptors (Lipinski definition) is 3. The van der Waals surface area contributed by atoms with Crippen LogP contribution in [0, 0.1) is 0 Å². The molecule has 0 amide bonds. The zero-order valence-electron chi connectivity index (χ0n) is 9.34. The van der Waals surface area contributed by atoms with Crippen LogP contribution >= 0.6 is 0 Å². The molecule has 0 atom stereocenters. The molecule has 0 saturated heterocycles. The van der Waals surface area contributed by atoms with Crippen LogP contribution in [0.25, 0.3) is 0 Å². The predicted molar refractivity (Wildman–Crippen MR) is 57.2 cm³/mol. The molecule has 0 aliphatic heterocycles. The van der Waals surface area contributed by atoms with Gasteiger partial charge in [0.25, 0.3) is 0 Å². The second kappa shape index (κ2) is 5.81. The number of nitrogens with zero attached hydrogens (tertiary/aromatic N) is 1. The predicted octanol–water partition coefficient (Wildman–Crippen LogP) is 2.69. The van der Waals surface area contributed by atoms with Gasteiger partial charge in [0.05, 0.1) is 5.69 Å². The maximum absolute atomic E-state index is 5.19. The standard InChI is InChI=1S/C11H20N2O/c1-4-5-6-12-8-10-7-11(9(2)3)14-13-10/h7,9,12H,4-6,8H2,1-3H3. The van der Waals surface area contributed by atoms with Crippen LogP contribution in [-0.4, -0.2) is 11.7 Å². The molecule has 0 bridgehead atoms. The molecule has 0 spiro atoms. The van der Waals surface area contributed by atoms with Crippen molar-refractivity contribution in [3.8, 4) is 0 Å². The first kappa shape index (κ1) is 11.2. The lowest BCUT2D eigenvalue weighted by Crippen LogP contribution is -2.14. The molecule has 3 heteroatoms. The van der Waals surface area contributed by atoms with Crippen LogP contribution in [0.5, 0.6) is 0 Å². The molecule has 3 nitrogen and oxygen atoms in total. The van der Waals surface area contributed by atoms with Crippen LogP contribution in [-0.2, 0) is 6.54 Å². The Kier molecular flexibility index (Phi) is 4.66. The van der Waals surface area contributed by atoms with Crippen molar-refractivity contribution in [1.82, 2.24) is 10.5 Å². The van der Waals surface area contributed by atoms with E-state index in [1.165, 1.54) is 12.8 Å². The lowest BCUT2D eigenvalue weighted by atomic mass is 10.1. The summed E-state index contributed by atoms with van der Waals surface area (Å²) in [6.45, 7) is 8.27. The Hall–Kier alpha value is -0.830. The fourth-order valence-corrected chi connectivity index (χ4v) is 1.20. The zero-order chi connectivity index (χ0) is 10.4. The van der Waals surface area contributed by atoms with Gasteiger partial charge in [0.1, 0.15) is 5.76 Å². The minimum absolute atomic E-state index is 0.423. The fourth-order valence-electron chi connectivity index (χ4n) is 1.20. The van der Waals surface area contributed by atoms with E-state index in [4.69, 9.17) is 4.52 Å². The first-order valence-corrected chi connectivity index (χ1v) is 5.40. The second-order valence-electron chi connectivity index (χ2n) is 3.91. The molecular weight excluding hydrogens is 176 g/mol. The van der Waals surface area contributed by atoms with E-state index in [1.54, 1.807) is 0 Å². The highest BCUT2D eigenvalue weighted by Crippen LogP contribution is 2.14. The number of aromatic nitrogens is 1. The SMILES string of the molecule is CCCCNCc1cc(C(C)C)on1. The van der Waals surface area contributed by atoms with Gasteiger partial charge in [0.2, 0.25) is 0 Å². The summed E-state index contributed by atoms with van der Waals surface area (Å²) in [7, 11) is 0. The summed E-state index contributed by atoms with van der Waals surface area (Å²) in [5.74, 6) is 1.39. The van der Waals surface area contributed by atoms with Crippen molar-refractivity contribution in [3.63, 3.8) is 0 Å². The maximum atomic E-state index is 5.19. The van der Waals surface area contributed by atoms with Crippen LogP contribution in [0.15, 0.2) is 10.6 Å². The van der Waals surface area contributed by atoms with E-state index < -0.39 is 0 Å². The Morgan fingerprint density at radius 2 is 2.29 bits per heavy atom. The van der Waals surface area contributed by atoms with Gasteiger partial charge in [-0.05, 0) is 13.0 Å². The van der Waals surface area contributed by atoms with Crippen LogP contribution in [0.2, 0.25) is 0 Å². The topological polar surface area (TPSA) is 38.1 Å². The zero-order valence-corrected chi connectivity index (χ0v) is 9.34. The fraction of sp³-hybridized carbons (Fsp3) is 0.727. The molecule has 0 saturated carbocycles. The van der Waals surface area contributed by atoms with Gasteiger partial charge in [-0.25, -0.2) is 0 Å². The van der Waals surface area contributed by atoms with E-state index >= 15 is 0 Å². The van der Waals surface area contributed by atoms with Crippen molar-refractivity contribution in [2.24, 2.45) is 0 Å². The average Bonchev–Trinajstić information content (AvgIpc) is 2.61. The Bertz CT molecular complexity index is 256. The van der Waals surface area contributed by atoms with E-state index in [0.717, 1.165) is 24.5 Å². The number of unbranched alkanes of at least 4 members (excludes halogenated alkanes) is 1. The highest BCUT2D eigenvalue weighted by molar-refractivity contribution is 5.08. The first-order valence-electron chi connectivity index (χ1n) is 5.40. The van der Waals surface area contributed by atoms with E-state index in [2.05, 4.69) is 31.2 Å². The Morgan fingerprint density at radius 1 is 1.50 bits per heavy atom. The minimum Gasteiger partial charge on any atom is -0.361 e. The van der Waals surface area contributed by atoms with Crippen molar-refractivity contribution in [1.29, 1.82) is 0 Å². The molecule has 1 heterocycles. The van der Waals surface area contributed by atoms with Crippen LogP contribution in [0.3, 0.4) is 0 Å². The average molecular weight is 196 g/mol. The molecule has 0 aliphatic carbocycles. The molecule has 1 aromatic rings. The quantitative estimate of drug-likeness (QED) is 0.711. The summed E-state index contributed by atoms with van der Waals surface area (Å²) in [5.41, 5.74) is 1.00. The normalized spacial score (nSPS) is 11.1. The summed E-state index contributed by atoms with van der Waals surface area (Å²) >= 11 is 0. The van der Waals surface area contributed by atoms with Gasteiger partial charge >= 0.3 is 0 Å². The van der Waals surface area contributed by atoms with E-state index in [-0.39, 0.29) is 0 Å². The molecule has 0 aromatic carbocycles. The summed E-state index contributed by atoms with van der Waals surface area (Å²) in [4.78, 5) is 0. The van der Waals surface area contributed by atoms with E-state index in [1.807, 2.05) is 6.07 Å². The molecular formula is C11H20N2O. The molecule has 1 rings (SSSR count). The van der Waals surface area contributed by atoms with E-state index in [0.29, 0.717) is 5.92 Å². The highest BCUT2D eigenvalue weighted by Gasteiger charge is 2.06. The van der Waals surface area contributed by atoms with Gasteiger partial charge in [-0.3, -0.25) is 0 Å². The highest BCUT2D eigenvalue weighted by atomic mass is 16.5. The smallest absolute Gasteiger partial charge is 0.139 e. The van der Waals surface area contributed by atoms with Crippen LogP contribution in [0.1, 0.15) is 51.0 Å². The van der Waals surface area contributed by atoms with Gasteiger partial charge < -0.3 is 9.84 Å². The largest absolute Gasteiger partial charge is 0.361 e. The third kappa shape index (κ3) is 3.50. The molecule has 1 N–H and O–H groups in total. The first-order chi connectivity index (χ1) is 6.74. The monoisotopic (exact) mass is 196 g/mol. The van der Waals surface area contributed by atoms with Crippen molar-refractivity contribution in [2.75, 3.05) is 6.54 Å². The summed E-state index contributed by atoms with van der Waals surface area (Å²) in [6.07, 6.45) is 2.44. The van der Waals surface area contributed by atoms with Crippen LogP contribution in [0.4, 0.5) is 0 Å². The minimum atomic E-state index is 0.423. The van der Waals surface area contributed by atoms with Crippen molar-refractivity contribution < 1.29 is 4.52 Å². The Labute approximate surface area is 85.9 Å². The van der Waals surface area contributed by atoms with Gasteiger partial charge in [0, 0.05) is 18.5 Å².